The maximum absolute atomic E-state index is 11.3. The van der Waals surface area contributed by atoms with Crippen molar-refractivity contribution in [3.63, 3.8) is 0 Å². The normalized spacial score (nSPS) is 14.4. The predicted molar refractivity (Wildman–Crippen MR) is 67.9 cm³/mol. The van der Waals surface area contributed by atoms with Gasteiger partial charge in [0.05, 0.1) is 12.1 Å². The molecule has 5 heteroatoms. The van der Waals surface area contributed by atoms with Crippen LogP contribution in [0, 0.1) is 0 Å². The van der Waals surface area contributed by atoms with Gasteiger partial charge < -0.3 is 20.5 Å². The number of carbonyl (C=O) groups excluding carboxylic acids is 1. The summed E-state index contributed by atoms with van der Waals surface area (Å²) < 4.78 is 4.90. The van der Waals surface area contributed by atoms with Crippen molar-refractivity contribution in [3.05, 3.63) is 0 Å². The van der Waals surface area contributed by atoms with Gasteiger partial charge in [-0.3, -0.25) is 4.79 Å². The van der Waals surface area contributed by atoms with Crippen LogP contribution in [-0.2, 0) is 9.53 Å². The predicted octanol–water partition coefficient (Wildman–Crippen LogP) is 0.280. The second-order valence-electron chi connectivity index (χ2n) is 4.55. The van der Waals surface area contributed by atoms with E-state index in [1.807, 2.05) is 0 Å². The number of rotatable bonds is 10. The van der Waals surface area contributed by atoms with E-state index in [2.05, 4.69) is 17.6 Å². The van der Waals surface area contributed by atoms with Crippen molar-refractivity contribution in [2.24, 2.45) is 0 Å². The zero-order chi connectivity index (χ0) is 13.1. The molecule has 0 saturated heterocycles. The minimum Gasteiger partial charge on any atom is -0.389 e. The first-order valence-corrected chi connectivity index (χ1v) is 6.20. The molecule has 0 saturated carbocycles. The number of hydrogen-bond acceptors (Lipinski definition) is 4. The molecule has 1 atom stereocenters. The summed E-state index contributed by atoms with van der Waals surface area (Å²) in [6.45, 7) is 5.67. The molecule has 5 nitrogen and oxygen atoms in total. The van der Waals surface area contributed by atoms with E-state index in [4.69, 9.17) is 4.74 Å². The van der Waals surface area contributed by atoms with Crippen molar-refractivity contribution in [1.29, 1.82) is 0 Å². The van der Waals surface area contributed by atoms with Gasteiger partial charge in [0.1, 0.15) is 0 Å². The zero-order valence-corrected chi connectivity index (χ0v) is 11.2. The van der Waals surface area contributed by atoms with E-state index in [-0.39, 0.29) is 12.5 Å². The first-order chi connectivity index (χ1) is 8.02. The van der Waals surface area contributed by atoms with Gasteiger partial charge in [0, 0.05) is 33.2 Å². The highest BCUT2D eigenvalue weighted by Crippen LogP contribution is 2.06. The van der Waals surface area contributed by atoms with Crippen molar-refractivity contribution >= 4 is 5.91 Å². The number of hydrogen-bond donors (Lipinski definition) is 3. The second kappa shape index (κ2) is 9.39. The van der Waals surface area contributed by atoms with Gasteiger partial charge in [-0.05, 0) is 13.3 Å². The fourth-order valence-electron chi connectivity index (χ4n) is 1.32. The van der Waals surface area contributed by atoms with Gasteiger partial charge in [-0.15, -0.1) is 0 Å². The lowest BCUT2D eigenvalue weighted by atomic mass is 10.0. The molecule has 102 valence electrons. The number of carbonyl (C=O) groups is 1. The Bertz CT molecular complexity index is 208. The average molecular weight is 246 g/mol. The standard InChI is InChI=1S/C12H26N2O3/c1-4-5-7-14-11(15)9-13-10-12(2,16)6-8-17-3/h13,16H,4-10H2,1-3H3,(H,14,15). The van der Waals surface area contributed by atoms with Gasteiger partial charge in [-0.25, -0.2) is 0 Å². The van der Waals surface area contributed by atoms with Crippen LogP contribution in [0.1, 0.15) is 33.1 Å². The molecule has 0 rings (SSSR count). The van der Waals surface area contributed by atoms with Gasteiger partial charge in [0.25, 0.3) is 0 Å². The molecule has 0 aliphatic heterocycles. The summed E-state index contributed by atoms with van der Waals surface area (Å²) in [7, 11) is 1.60. The van der Waals surface area contributed by atoms with Crippen LogP contribution in [0.5, 0.6) is 0 Å². The van der Waals surface area contributed by atoms with E-state index >= 15 is 0 Å². The minimum absolute atomic E-state index is 0.0269. The highest BCUT2D eigenvalue weighted by atomic mass is 16.5. The topological polar surface area (TPSA) is 70.6 Å². The number of nitrogens with one attached hydrogen (secondary N) is 2. The summed E-state index contributed by atoms with van der Waals surface area (Å²) in [5.41, 5.74) is -0.834. The molecule has 17 heavy (non-hydrogen) atoms. The fourth-order valence-corrected chi connectivity index (χ4v) is 1.32. The molecule has 0 aromatic carbocycles. The third-order valence-electron chi connectivity index (χ3n) is 2.49. The molecular weight excluding hydrogens is 220 g/mol. The largest absolute Gasteiger partial charge is 0.389 e. The lowest BCUT2D eigenvalue weighted by molar-refractivity contribution is -0.120. The molecule has 0 aliphatic carbocycles. The molecule has 3 N–H and O–H groups in total. The Hall–Kier alpha value is -0.650. The Balaban J connectivity index is 3.57. The highest BCUT2D eigenvalue weighted by Gasteiger charge is 2.19. The Kier molecular flexibility index (Phi) is 9.03. The first-order valence-electron chi connectivity index (χ1n) is 6.20. The molecule has 0 radical (unpaired) electrons. The third kappa shape index (κ3) is 10.2. The van der Waals surface area contributed by atoms with Crippen molar-refractivity contribution in [2.45, 2.75) is 38.7 Å². The van der Waals surface area contributed by atoms with Crippen LogP contribution in [-0.4, -0.2) is 50.0 Å². The average Bonchev–Trinajstić information content (AvgIpc) is 2.26. The molecule has 0 spiro atoms. The number of aliphatic hydroxyl groups is 1. The first kappa shape index (κ1) is 16.4. The van der Waals surface area contributed by atoms with E-state index < -0.39 is 5.60 Å². The van der Waals surface area contributed by atoms with Gasteiger partial charge in [0.2, 0.25) is 5.91 Å². The second-order valence-corrected chi connectivity index (χ2v) is 4.55. The monoisotopic (exact) mass is 246 g/mol. The van der Waals surface area contributed by atoms with Crippen LogP contribution in [0.15, 0.2) is 0 Å². The maximum Gasteiger partial charge on any atom is 0.233 e. The van der Waals surface area contributed by atoms with Crippen LogP contribution in [0.4, 0.5) is 0 Å². The smallest absolute Gasteiger partial charge is 0.233 e. The van der Waals surface area contributed by atoms with Crippen LogP contribution in [0.2, 0.25) is 0 Å². The van der Waals surface area contributed by atoms with Gasteiger partial charge >= 0.3 is 0 Å². The van der Waals surface area contributed by atoms with E-state index in [0.29, 0.717) is 19.6 Å². The summed E-state index contributed by atoms with van der Waals surface area (Å²) in [6, 6.07) is 0. The molecule has 1 amide bonds. The van der Waals surface area contributed by atoms with E-state index in [1.54, 1.807) is 14.0 Å². The molecule has 0 aliphatic rings. The van der Waals surface area contributed by atoms with Crippen LogP contribution < -0.4 is 10.6 Å². The van der Waals surface area contributed by atoms with Crippen LogP contribution in [0.3, 0.4) is 0 Å². The number of amides is 1. The number of ether oxygens (including phenoxy) is 1. The third-order valence-corrected chi connectivity index (χ3v) is 2.49. The summed E-state index contributed by atoms with van der Waals surface area (Å²) in [4.78, 5) is 11.3. The minimum atomic E-state index is -0.834. The molecular formula is C12H26N2O3. The quantitative estimate of drug-likeness (QED) is 0.484. The summed E-state index contributed by atoms with van der Waals surface area (Å²) in [6.07, 6.45) is 2.62. The maximum atomic E-state index is 11.3. The Morgan fingerprint density at radius 2 is 2.18 bits per heavy atom. The highest BCUT2D eigenvalue weighted by molar-refractivity contribution is 5.77. The Morgan fingerprint density at radius 1 is 1.47 bits per heavy atom. The Morgan fingerprint density at radius 3 is 2.76 bits per heavy atom. The lowest BCUT2D eigenvalue weighted by Gasteiger charge is -2.23. The fraction of sp³-hybridized carbons (Fsp3) is 0.917. The Labute approximate surface area is 104 Å². The van der Waals surface area contributed by atoms with Gasteiger partial charge in [-0.1, -0.05) is 13.3 Å². The van der Waals surface area contributed by atoms with Crippen LogP contribution in [0.25, 0.3) is 0 Å². The zero-order valence-electron chi connectivity index (χ0n) is 11.2. The van der Waals surface area contributed by atoms with Gasteiger partial charge in [0.15, 0.2) is 0 Å². The molecule has 0 heterocycles. The van der Waals surface area contributed by atoms with Crippen molar-refractivity contribution in [2.75, 3.05) is 33.4 Å². The van der Waals surface area contributed by atoms with E-state index in [9.17, 15) is 9.90 Å². The summed E-state index contributed by atoms with van der Waals surface area (Å²) in [5.74, 6) is -0.0269. The summed E-state index contributed by atoms with van der Waals surface area (Å²) >= 11 is 0. The van der Waals surface area contributed by atoms with Crippen LogP contribution >= 0.6 is 0 Å². The van der Waals surface area contributed by atoms with Crippen molar-refractivity contribution < 1.29 is 14.6 Å². The van der Waals surface area contributed by atoms with Crippen molar-refractivity contribution in [1.82, 2.24) is 10.6 Å². The van der Waals surface area contributed by atoms with E-state index in [0.717, 1.165) is 19.4 Å². The summed E-state index contributed by atoms with van der Waals surface area (Å²) in [5, 5.41) is 15.6. The molecule has 0 aromatic heterocycles. The lowest BCUT2D eigenvalue weighted by Crippen LogP contribution is -2.43. The number of methoxy groups -OCH3 is 1. The molecule has 0 bridgehead atoms. The van der Waals surface area contributed by atoms with Gasteiger partial charge in [-0.2, -0.15) is 0 Å². The molecule has 1 unspecified atom stereocenters. The van der Waals surface area contributed by atoms with E-state index in [1.165, 1.54) is 0 Å². The molecule has 0 aromatic rings. The number of unbranched alkanes of at least 4 members (excludes halogenated alkanes) is 1. The SMILES string of the molecule is CCCCNC(=O)CNCC(C)(O)CCOC. The molecule has 0 fully saturated rings. The van der Waals surface area contributed by atoms with Crippen molar-refractivity contribution in [3.8, 4) is 0 Å².